The Bertz CT molecular complexity index is 182. The minimum atomic E-state index is -0.563. The summed E-state index contributed by atoms with van der Waals surface area (Å²) >= 11 is 0. The summed E-state index contributed by atoms with van der Waals surface area (Å²) in [5.41, 5.74) is 0.803. The Kier molecular flexibility index (Phi) is 2.91. The van der Waals surface area contributed by atoms with E-state index in [0.29, 0.717) is 12.5 Å². The molecule has 0 amide bonds. The van der Waals surface area contributed by atoms with Gasteiger partial charge in [0, 0.05) is 13.1 Å². The second kappa shape index (κ2) is 3.58. The third kappa shape index (κ3) is 2.61. The van der Waals surface area contributed by atoms with Gasteiger partial charge in [0.1, 0.15) is 0 Å². The maximum atomic E-state index is 9.87. The van der Waals surface area contributed by atoms with Crippen LogP contribution in [0.5, 0.6) is 0 Å². The fourth-order valence-electron chi connectivity index (χ4n) is 1.56. The third-order valence-corrected chi connectivity index (χ3v) is 2.34. The second-order valence-electron chi connectivity index (χ2n) is 4.24. The molecule has 0 bridgehead atoms. The number of rotatable bonds is 1. The summed E-state index contributed by atoms with van der Waals surface area (Å²) < 4.78 is 0. The fourth-order valence-corrected chi connectivity index (χ4v) is 1.56. The van der Waals surface area contributed by atoms with E-state index in [1.54, 1.807) is 0 Å². The Morgan fingerprint density at radius 3 is 2.83 bits per heavy atom. The van der Waals surface area contributed by atoms with Crippen LogP contribution < -0.4 is 5.32 Å². The van der Waals surface area contributed by atoms with E-state index in [-0.39, 0.29) is 0 Å². The quantitative estimate of drug-likeness (QED) is 0.580. The van der Waals surface area contributed by atoms with E-state index in [4.69, 9.17) is 0 Å². The summed E-state index contributed by atoms with van der Waals surface area (Å²) in [6.45, 7) is 7.82. The fraction of sp³-hybridized carbons (Fsp3) is 0.800. The van der Waals surface area contributed by atoms with E-state index >= 15 is 0 Å². The molecule has 0 aromatic carbocycles. The first-order chi connectivity index (χ1) is 5.51. The maximum absolute atomic E-state index is 9.87. The van der Waals surface area contributed by atoms with Crippen LogP contribution in [0.3, 0.4) is 0 Å². The van der Waals surface area contributed by atoms with Crippen molar-refractivity contribution in [1.82, 2.24) is 5.32 Å². The van der Waals surface area contributed by atoms with Gasteiger partial charge in [0.05, 0.1) is 5.60 Å². The Labute approximate surface area is 74.7 Å². The first kappa shape index (κ1) is 9.75. The molecule has 0 fully saturated rings. The van der Waals surface area contributed by atoms with Crippen molar-refractivity contribution in [2.24, 2.45) is 5.92 Å². The van der Waals surface area contributed by atoms with Crippen molar-refractivity contribution in [2.75, 3.05) is 13.1 Å². The van der Waals surface area contributed by atoms with Crippen LogP contribution in [0.15, 0.2) is 11.6 Å². The smallest absolute Gasteiger partial charge is 0.0780 e. The summed E-state index contributed by atoms with van der Waals surface area (Å²) in [5.74, 6) is 0.552. The molecule has 2 N–H and O–H groups in total. The SMILES string of the molecule is CC(C)C1=CCNC[C@](C)(O)C1. The van der Waals surface area contributed by atoms with Gasteiger partial charge >= 0.3 is 0 Å². The molecule has 0 spiro atoms. The Hall–Kier alpha value is -0.340. The van der Waals surface area contributed by atoms with Gasteiger partial charge in [-0.1, -0.05) is 25.5 Å². The number of aliphatic hydroxyl groups is 1. The van der Waals surface area contributed by atoms with Crippen molar-refractivity contribution in [2.45, 2.75) is 32.8 Å². The molecule has 2 heteroatoms. The number of nitrogens with one attached hydrogen (secondary N) is 1. The molecular weight excluding hydrogens is 150 g/mol. The highest BCUT2D eigenvalue weighted by molar-refractivity contribution is 5.11. The van der Waals surface area contributed by atoms with Crippen LogP contribution >= 0.6 is 0 Å². The molecule has 1 heterocycles. The molecule has 12 heavy (non-hydrogen) atoms. The third-order valence-electron chi connectivity index (χ3n) is 2.34. The molecule has 1 atom stereocenters. The van der Waals surface area contributed by atoms with Crippen LogP contribution in [0.4, 0.5) is 0 Å². The molecule has 0 saturated carbocycles. The molecule has 0 saturated heterocycles. The zero-order valence-electron chi connectivity index (χ0n) is 8.22. The maximum Gasteiger partial charge on any atom is 0.0780 e. The highest BCUT2D eigenvalue weighted by Gasteiger charge is 2.24. The summed E-state index contributed by atoms with van der Waals surface area (Å²) in [6, 6.07) is 0. The summed E-state index contributed by atoms with van der Waals surface area (Å²) in [7, 11) is 0. The summed E-state index contributed by atoms with van der Waals surface area (Å²) in [4.78, 5) is 0. The largest absolute Gasteiger partial charge is 0.389 e. The number of β-amino-alcohol motifs (C(OH)–C–C–N with tert-alkyl or cyclic N) is 1. The molecular formula is C10H19NO. The summed E-state index contributed by atoms with van der Waals surface area (Å²) in [5, 5.41) is 13.1. The van der Waals surface area contributed by atoms with Crippen molar-refractivity contribution >= 4 is 0 Å². The molecule has 0 aromatic heterocycles. The average Bonchev–Trinajstić information content (AvgIpc) is 2.10. The predicted octanol–water partition coefficient (Wildman–Crippen LogP) is 1.31. The van der Waals surface area contributed by atoms with Crippen molar-refractivity contribution in [3.8, 4) is 0 Å². The van der Waals surface area contributed by atoms with E-state index < -0.39 is 5.60 Å². The zero-order valence-corrected chi connectivity index (χ0v) is 8.22. The van der Waals surface area contributed by atoms with Crippen LogP contribution in [-0.2, 0) is 0 Å². The van der Waals surface area contributed by atoms with Gasteiger partial charge in [-0.3, -0.25) is 0 Å². The standard InChI is InChI=1S/C10H19NO/c1-8(2)9-4-5-11-7-10(3,12)6-9/h4,8,11-12H,5-7H2,1-3H3/t10-/m1/s1. The van der Waals surface area contributed by atoms with Gasteiger partial charge in [-0.15, -0.1) is 0 Å². The number of hydrogen-bond donors (Lipinski definition) is 2. The minimum Gasteiger partial charge on any atom is -0.389 e. The topological polar surface area (TPSA) is 32.3 Å². The normalized spacial score (nSPS) is 31.6. The molecule has 1 rings (SSSR count). The Morgan fingerprint density at radius 2 is 2.25 bits per heavy atom. The molecule has 0 unspecified atom stereocenters. The van der Waals surface area contributed by atoms with Crippen molar-refractivity contribution in [1.29, 1.82) is 0 Å². The van der Waals surface area contributed by atoms with Crippen LogP contribution in [-0.4, -0.2) is 23.8 Å². The number of hydrogen-bond acceptors (Lipinski definition) is 2. The minimum absolute atomic E-state index is 0.552. The van der Waals surface area contributed by atoms with Crippen molar-refractivity contribution < 1.29 is 5.11 Å². The molecule has 1 aliphatic rings. The first-order valence-electron chi connectivity index (χ1n) is 4.63. The molecule has 0 aromatic rings. The molecule has 1 aliphatic heterocycles. The van der Waals surface area contributed by atoms with E-state index in [9.17, 15) is 5.11 Å². The van der Waals surface area contributed by atoms with Crippen molar-refractivity contribution in [3.05, 3.63) is 11.6 Å². The van der Waals surface area contributed by atoms with E-state index in [1.165, 1.54) is 5.57 Å². The highest BCUT2D eigenvalue weighted by Crippen LogP contribution is 2.23. The second-order valence-corrected chi connectivity index (χ2v) is 4.24. The lowest BCUT2D eigenvalue weighted by molar-refractivity contribution is 0.0616. The van der Waals surface area contributed by atoms with Gasteiger partial charge in [-0.25, -0.2) is 0 Å². The van der Waals surface area contributed by atoms with E-state index in [0.717, 1.165) is 13.0 Å². The lowest BCUT2D eigenvalue weighted by Crippen LogP contribution is -2.36. The predicted molar refractivity (Wildman–Crippen MR) is 51.0 cm³/mol. The Balaban J connectivity index is 2.68. The Morgan fingerprint density at radius 1 is 1.58 bits per heavy atom. The lowest BCUT2D eigenvalue weighted by atomic mass is 9.91. The molecule has 70 valence electrons. The molecule has 2 nitrogen and oxygen atoms in total. The van der Waals surface area contributed by atoms with Gasteiger partial charge in [-0.05, 0) is 19.3 Å². The molecule has 0 aliphatic carbocycles. The van der Waals surface area contributed by atoms with Crippen molar-refractivity contribution in [3.63, 3.8) is 0 Å². The molecule has 0 radical (unpaired) electrons. The van der Waals surface area contributed by atoms with Crippen LogP contribution in [0.1, 0.15) is 27.2 Å². The average molecular weight is 169 g/mol. The zero-order chi connectivity index (χ0) is 9.19. The van der Waals surface area contributed by atoms with Gasteiger partial charge in [0.2, 0.25) is 0 Å². The van der Waals surface area contributed by atoms with Gasteiger partial charge in [0.15, 0.2) is 0 Å². The monoisotopic (exact) mass is 169 g/mol. The van der Waals surface area contributed by atoms with Gasteiger partial charge in [0.25, 0.3) is 0 Å². The highest BCUT2D eigenvalue weighted by atomic mass is 16.3. The van der Waals surface area contributed by atoms with Crippen LogP contribution in [0, 0.1) is 5.92 Å². The van der Waals surface area contributed by atoms with Crippen LogP contribution in [0.2, 0.25) is 0 Å². The van der Waals surface area contributed by atoms with E-state index in [2.05, 4.69) is 25.2 Å². The van der Waals surface area contributed by atoms with Gasteiger partial charge < -0.3 is 10.4 Å². The lowest BCUT2D eigenvalue weighted by Gasteiger charge is -2.23. The summed E-state index contributed by atoms with van der Waals surface area (Å²) in [6.07, 6.45) is 3.00. The van der Waals surface area contributed by atoms with Gasteiger partial charge in [-0.2, -0.15) is 0 Å². The first-order valence-corrected chi connectivity index (χ1v) is 4.63. The van der Waals surface area contributed by atoms with E-state index in [1.807, 2.05) is 6.92 Å². The van der Waals surface area contributed by atoms with Crippen LogP contribution in [0.25, 0.3) is 0 Å².